The summed E-state index contributed by atoms with van der Waals surface area (Å²) in [7, 11) is 0. The van der Waals surface area contributed by atoms with Crippen LogP contribution in [0.1, 0.15) is 44.6 Å². The van der Waals surface area contributed by atoms with E-state index in [4.69, 9.17) is 4.74 Å². The van der Waals surface area contributed by atoms with Crippen molar-refractivity contribution < 1.29 is 4.74 Å². The van der Waals surface area contributed by atoms with Crippen molar-refractivity contribution in [3.63, 3.8) is 0 Å². The van der Waals surface area contributed by atoms with E-state index in [0.29, 0.717) is 0 Å². The van der Waals surface area contributed by atoms with Crippen molar-refractivity contribution in [2.45, 2.75) is 51.6 Å². The molecule has 1 aromatic rings. The number of rotatable bonds is 5. The van der Waals surface area contributed by atoms with Crippen LogP contribution in [0.25, 0.3) is 0 Å². The molecule has 0 aromatic heterocycles. The van der Waals surface area contributed by atoms with E-state index in [1.807, 2.05) is 6.92 Å². The van der Waals surface area contributed by atoms with Gasteiger partial charge in [0.15, 0.2) is 0 Å². The molecule has 1 aliphatic rings. The molecule has 2 nitrogen and oxygen atoms in total. The first-order valence-electron chi connectivity index (χ1n) is 6.83. The summed E-state index contributed by atoms with van der Waals surface area (Å²) >= 11 is 0. The highest BCUT2D eigenvalue weighted by Crippen LogP contribution is 2.18. The SMILES string of the molecule is CCOc1ccc(CNC2CCCCC2)cc1.Cl. The predicted molar refractivity (Wildman–Crippen MR) is 78.6 cm³/mol. The van der Waals surface area contributed by atoms with Gasteiger partial charge in [-0.1, -0.05) is 31.4 Å². The minimum Gasteiger partial charge on any atom is -0.494 e. The van der Waals surface area contributed by atoms with E-state index in [2.05, 4.69) is 29.6 Å². The smallest absolute Gasteiger partial charge is 0.119 e. The number of hydrogen-bond acceptors (Lipinski definition) is 2. The molecule has 0 amide bonds. The summed E-state index contributed by atoms with van der Waals surface area (Å²) in [6.07, 6.45) is 6.89. The molecule has 0 saturated heterocycles. The van der Waals surface area contributed by atoms with E-state index in [1.54, 1.807) is 0 Å². The number of benzene rings is 1. The summed E-state index contributed by atoms with van der Waals surface area (Å²) in [4.78, 5) is 0. The molecule has 0 bridgehead atoms. The maximum Gasteiger partial charge on any atom is 0.119 e. The fraction of sp³-hybridized carbons (Fsp3) is 0.600. The Labute approximate surface area is 117 Å². The minimum atomic E-state index is 0. The van der Waals surface area contributed by atoms with Crippen LogP contribution in [0.2, 0.25) is 0 Å². The van der Waals surface area contributed by atoms with Crippen molar-refractivity contribution in [1.82, 2.24) is 5.32 Å². The molecule has 0 unspecified atom stereocenters. The van der Waals surface area contributed by atoms with Crippen molar-refractivity contribution in [2.24, 2.45) is 0 Å². The van der Waals surface area contributed by atoms with Crippen molar-refractivity contribution in [3.8, 4) is 5.75 Å². The van der Waals surface area contributed by atoms with E-state index < -0.39 is 0 Å². The highest BCUT2D eigenvalue weighted by atomic mass is 35.5. The molecule has 102 valence electrons. The van der Waals surface area contributed by atoms with Gasteiger partial charge < -0.3 is 10.1 Å². The molecule has 1 aliphatic carbocycles. The first-order valence-corrected chi connectivity index (χ1v) is 6.83. The highest BCUT2D eigenvalue weighted by Gasteiger charge is 2.11. The lowest BCUT2D eigenvalue weighted by molar-refractivity contribution is 0.340. The van der Waals surface area contributed by atoms with E-state index in [-0.39, 0.29) is 12.4 Å². The summed E-state index contributed by atoms with van der Waals surface area (Å²) in [5.74, 6) is 0.967. The van der Waals surface area contributed by atoms with Crippen molar-refractivity contribution in [2.75, 3.05) is 6.61 Å². The Balaban J connectivity index is 0.00000162. The lowest BCUT2D eigenvalue weighted by Crippen LogP contribution is -2.30. The molecule has 1 saturated carbocycles. The Hall–Kier alpha value is -0.730. The fourth-order valence-corrected chi connectivity index (χ4v) is 2.44. The predicted octanol–water partition coefficient (Wildman–Crippen LogP) is 3.93. The van der Waals surface area contributed by atoms with Crippen LogP contribution >= 0.6 is 12.4 Å². The summed E-state index contributed by atoms with van der Waals surface area (Å²) in [5.41, 5.74) is 1.35. The molecule has 0 aliphatic heterocycles. The normalized spacial score (nSPS) is 16.1. The second-order valence-corrected chi connectivity index (χ2v) is 4.79. The molecule has 18 heavy (non-hydrogen) atoms. The van der Waals surface area contributed by atoms with Gasteiger partial charge >= 0.3 is 0 Å². The summed E-state index contributed by atoms with van der Waals surface area (Å²) < 4.78 is 5.43. The van der Waals surface area contributed by atoms with Crippen LogP contribution < -0.4 is 10.1 Å². The maximum absolute atomic E-state index is 5.43. The molecule has 0 atom stereocenters. The van der Waals surface area contributed by atoms with E-state index in [1.165, 1.54) is 37.7 Å². The van der Waals surface area contributed by atoms with Gasteiger partial charge in [0.05, 0.1) is 6.61 Å². The monoisotopic (exact) mass is 269 g/mol. The van der Waals surface area contributed by atoms with Crippen molar-refractivity contribution in [3.05, 3.63) is 29.8 Å². The average Bonchev–Trinajstić information content (AvgIpc) is 2.40. The lowest BCUT2D eigenvalue weighted by Gasteiger charge is -2.22. The molecule has 1 N–H and O–H groups in total. The molecule has 0 spiro atoms. The quantitative estimate of drug-likeness (QED) is 0.875. The van der Waals surface area contributed by atoms with Gasteiger partial charge in [0, 0.05) is 12.6 Å². The molecule has 2 rings (SSSR count). The van der Waals surface area contributed by atoms with Crippen LogP contribution in [0.5, 0.6) is 5.75 Å². The van der Waals surface area contributed by atoms with Crippen LogP contribution in [0.4, 0.5) is 0 Å². The first-order chi connectivity index (χ1) is 8.38. The van der Waals surface area contributed by atoms with Crippen molar-refractivity contribution in [1.29, 1.82) is 0 Å². The molecular weight excluding hydrogens is 246 g/mol. The summed E-state index contributed by atoms with van der Waals surface area (Å²) in [5, 5.41) is 3.65. The van der Waals surface area contributed by atoms with Gasteiger partial charge in [-0.15, -0.1) is 12.4 Å². The second kappa shape index (κ2) is 8.39. The molecule has 1 fully saturated rings. The zero-order chi connectivity index (χ0) is 11.9. The third kappa shape index (κ3) is 4.87. The average molecular weight is 270 g/mol. The minimum absolute atomic E-state index is 0. The third-order valence-corrected chi connectivity index (χ3v) is 3.43. The molecular formula is C15H24ClNO. The van der Waals surface area contributed by atoms with Gasteiger partial charge in [-0.3, -0.25) is 0 Å². The van der Waals surface area contributed by atoms with Gasteiger partial charge in [-0.05, 0) is 37.5 Å². The highest BCUT2D eigenvalue weighted by molar-refractivity contribution is 5.85. The topological polar surface area (TPSA) is 21.3 Å². The van der Waals surface area contributed by atoms with E-state index in [0.717, 1.165) is 24.9 Å². The van der Waals surface area contributed by atoms with Gasteiger partial charge in [0.2, 0.25) is 0 Å². The van der Waals surface area contributed by atoms with Gasteiger partial charge in [0.25, 0.3) is 0 Å². The molecule has 0 radical (unpaired) electrons. The Morgan fingerprint density at radius 1 is 1.11 bits per heavy atom. The van der Waals surface area contributed by atoms with Gasteiger partial charge in [-0.2, -0.15) is 0 Å². The third-order valence-electron chi connectivity index (χ3n) is 3.43. The van der Waals surface area contributed by atoms with Crippen LogP contribution in [-0.4, -0.2) is 12.6 Å². The number of halogens is 1. The number of ether oxygens (including phenoxy) is 1. The van der Waals surface area contributed by atoms with Crippen LogP contribution in [0, 0.1) is 0 Å². The van der Waals surface area contributed by atoms with Crippen LogP contribution in [0.3, 0.4) is 0 Å². The van der Waals surface area contributed by atoms with Gasteiger partial charge in [0.1, 0.15) is 5.75 Å². The largest absolute Gasteiger partial charge is 0.494 e. The standard InChI is InChI=1S/C15H23NO.ClH/c1-2-17-15-10-8-13(9-11-15)12-16-14-6-4-3-5-7-14;/h8-11,14,16H,2-7,12H2,1H3;1H. The summed E-state index contributed by atoms with van der Waals surface area (Å²) in [6.45, 7) is 3.73. The number of nitrogens with one attached hydrogen (secondary N) is 1. The van der Waals surface area contributed by atoms with Crippen LogP contribution in [-0.2, 0) is 6.54 Å². The van der Waals surface area contributed by atoms with Crippen molar-refractivity contribution >= 4 is 12.4 Å². The second-order valence-electron chi connectivity index (χ2n) is 4.79. The molecule has 0 heterocycles. The number of hydrogen-bond donors (Lipinski definition) is 1. The zero-order valence-electron chi connectivity index (χ0n) is 11.2. The first kappa shape index (κ1) is 15.3. The Bertz CT molecular complexity index is 320. The van der Waals surface area contributed by atoms with Gasteiger partial charge in [-0.25, -0.2) is 0 Å². The Morgan fingerprint density at radius 3 is 2.39 bits per heavy atom. The zero-order valence-corrected chi connectivity index (χ0v) is 12.0. The lowest BCUT2D eigenvalue weighted by atomic mass is 9.95. The van der Waals surface area contributed by atoms with Crippen LogP contribution in [0.15, 0.2) is 24.3 Å². The van der Waals surface area contributed by atoms with E-state index in [9.17, 15) is 0 Å². The maximum atomic E-state index is 5.43. The molecule has 1 aromatic carbocycles. The fourth-order valence-electron chi connectivity index (χ4n) is 2.44. The van der Waals surface area contributed by atoms with E-state index >= 15 is 0 Å². The summed E-state index contributed by atoms with van der Waals surface area (Å²) in [6, 6.07) is 9.15. The Kier molecular flexibility index (Phi) is 7.14. The molecule has 3 heteroatoms. The Morgan fingerprint density at radius 2 is 1.78 bits per heavy atom.